The molecule has 11 heteroatoms. The molecule has 0 bridgehead atoms. The summed E-state index contributed by atoms with van der Waals surface area (Å²) in [5, 5.41) is 9.27. The van der Waals surface area contributed by atoms with Gasteiger partial charge in [0.1, 0.15) is 19.8 Å². The molecular formula is C46H84NO9P. The van der Waals surface area contributed by atoms with Gasteiger partial charge < -0.3 is 33.0 Å². The Morgan fingerprint density at radius 1 is 0.632 bits per heavy atom. The monoisotopic (exact) mass is 826 g/mol. The molecule has 0 saturated heterocycles. The van der Waals surface area contributed by atoms with E-state index in [-0.39, 0.29) is 32.2 Å². The van der Waals surface area contributed by atoms with E-state index in [0.29, 0.717) is 23.9 Å². The molecule has 0 aromatic carbocycles. The van der Waals surface area contributed by atoms with Gasteiger partial charge in [-0.15, -0.1) is 0 Å². The van der Waals surface area contributed by atoms with Crippen LogP contribution in [0.3, 0.4) is 0 Å². The molecule has 0 amide bonds. The zero-order valence-corrected chi connectivity index (χ0v) is 37.8. The Morgan fingerprint density at radius 2 is 1.09 bits per heavy atom. The summed E-state index contributed by atoms with van der Waals surface area (Å²) in [5.74, 6) is -0.915. The van der Waals surface area contributed by atoms with E-state index in [2.05, 4.69) is 49.5 Å². The number of nitrogens with zero attached hydrogens (tertiary/aromatic N) is 1. The number of likely N-dealkylation sites (N-methyl/N-ethyl adjacent to an activating group) is 1. The second-order valence-electron chi connectivity index (χ2n) is 16.3. The maximum absolute atomic E-state index is 12.7. The van der Waals surface area contributed by atoms with E-state index in [1.165, 1.54) is 70.6 Å². The number of rotatable bonds is 40. The molecule has 0 heterocycles. The molecule has 57 heavy (non-hydrogen) atoms. The van der Waals surface area contributed by atoms with Crippen molar-refractivity contribution in [3.63, 3.8) is 0 Å². The van der Waals surface area contributed by atoms with Crippen molar-refractivity contribution in [3.05, 3.63) is 48.6 Å². The summed E-state index contributed by atoms with van der Waals surface area (Å²) in [6, 6.07) is 0. The third kappa shape index (κ3) is 43.3. The maximum atomic E-state index is 12.7. The van der Waals surface area contributed by atoms with Crippen LogP contribution in [0.5, 0.6) is 0 Å². The molecule has 0 aliphatic rings. The van der Waals surface area contributed by atoms with E-state index >= 15 is 0 Å². The molecule has 0 radical (unpaired) electrons. The van der Waals surface area contributed by atoms with Crippen LogP contribution in [0.25, 0.3) is 0 Å². The predicted octanol–water partition coefficient (Wildman–Crippen LogP) is 11.0. The van der Waals surface area contributed by atoms with Gasteiger partial charge in [0, 0.05) is 12.8 Å². The van der Waals surface area contributed by atoms with Crippen molar-refractivity contribution in [1.29, 1.82) is 0 Å². The number of esters is 2. The van der Waals surface area contributed by atoms with E-state index in [9.17, 15) is 24.2 Å². The lowest BCUT2D eigenvalue weighted by Gasteiger charge is -2.28. The smallest absolute Gasteiger partial charge is 0.306 e. The molecular weight excluding hydrogens is 741 g/mol. The summed E-state index contributed by atoms with van der Waals surface area (Å²) in [6.45, 7) is 3.71. The van der Waals surface area contributed by atoms with E-state index in [1.54, 1.807) is 0 Å². The van der Waals surface area contributed by atoms with Gasteiger partial charge in [0.15, 0.2) is 6.10 Å². The maximum Gasteiger partial charge on any atom is 0.306 e. The fourth-order valence-corrected chi connectivity index (χ4v) is 6.57. The van der Waals surface area contributed by atoms with Gasteiger partial charge in [-0.05, 0) is 64.7 Å². The van der Waals surface area contributed by atoms with Crippen LogP contribution in [0, 0.1) is 0 Å². The number of phosphoric acid groups is 1. The number of hydrogen-bond donors (Lipinski definition) is 1. The van der Waals surface area contributed by atoms with Crippen molar-refractivity contribution in [2.45, 2.75) is 187 Å². The van der Waals surface area contributed by atoms with Crippen LogP contribution < -0.4 is 4.89 Å². The fraction of sp³-hybridized carbons (Fsp3) is 0.783. The molecule has 0 spiro atoms. The zero-order chi connectivity index (χ0) is 42.3. The highest BCUT2D eigenvalue weighted by molar-refractivity contribution is 7.45. The van der Waals surface area contributed by atoms with Crippen molar-refractivity contribution >= 4 is 19.8 Å². The molecule has 0 aliphatic carbocycles. The molecule has 0 fully saturated rings. The first-order valence-electron chi connectivity index (χ1n) is 22.4. The molecule has 10 nitrogen and oxygen atoms in total. The van der Waals surface area contributed by atoms with Crippen LogP contribution in [0.1, 0.15) is 174 Å². The first kappa shape index (κ1) is 54.9. The van der Waals surface area contributed by atoms with Crippen LogP contribution in [0.4, 0.5) is 0 Å². The average molecular weight is 826 g/mol. The van der Waals surface area contributed by atoms with Gasteiger partial charge in [-0.25, -0.2) is 0 Å². The minimum atomic E-state index is -4.64. The predicted molar refractivity (Wildman–Crippen MR) is 233 cm³/mol. The topological polar surface area (TPSA) is 131 Å². The highest BCUT2D eigenvalue weighted by Gasteiger charge is 2.21. The summed E-state index contributed by atoms with van der Waals surface area (Å²) < 4.78 is 33.8. The van der Waals surface area contributed by atoms with Crippen molar-refractivity contribution in [2.75, 3.05) is 47.5 Å². The Labute approximate surface area is 348 Å². The Balaban J connectivity index is 4.43. The molecule has 0 aromatic rings. The van der Waals surface area contributed by atoms with Crippen LogP contribution >= 0.6 is 7.82 Å². The van der Waals surface area contributed by atoms with Crippen LogP contribution in [-0.2, 0) is 32.7 Å². The van der Waals surface area contributed by atoms with Gasteiger partial charge in [0.2, 0.25) is 0 Å². The number of unbranched alkanes of at least 4 members (excludes halogenated alkanes) is 16. The van der Waals surface area contributed by atoms with E-state index in [0.717, 1.165) is 64.2 Å². The third-order valence-electron chi connectivity index (χ3n) is 9.37. The van der Waals surface area contributed by atoms with Crippen molar-refractivity contribution in [1.82, 2.24) is 0 Å². The molecule has 332 valence electrons. The summed E-state index contributed by atoms with van der Waals surface area (Å²) in [7, 11) is 1.12. The molecule has 0 rings (SSSR count). The zero-order valence-electron chi connectivity index (χ0n) is 36.9. The summed E-state index contributed by atoms with van der Waals surface area (Å²) >= 11 is 0. The number of phosphoric ester groups is 1. The minimum absolute atomic E-state index is 0.0448. The number of ether oxygens (including phenoxy) is 2. The lowest BCUT2D eigenvalue weighted by atomic mass is 10.0. The minimum Gasteiger partial charge on any atom is -0.756 e. The standard InChI is InChI=1S/C46H84NO9P/c1-6-7-8-9-10-11-12-13-15-20-23-26-29-32-35-38-46(50)56-44(42-55-57(51,52)54-40-39-47(3,4)5)41-53-45(49)37-34-31-28-25-22-19-17-14-16-18-21-24-27-30-33-36-43(2)48/h16-19,24-25,27-28,43-44,48H,6-15,20-23,26,29-42H2,1-5H3/b18-16-,19-17-,27-24-,28-25-/t43-,44-/m1/s1. The highest BCUT2D eigenvalue weighted by atomic mass is 31.2. The SMILES string of the molecule is CCCCCCCCCCCCCCCCCC(=O)O[C@H](COC(=O)CCC/C=C\C/C=C\C/C=C\C/C=C\CCC[C@@H](C)O)COP(=O)([O-])OCC[N+](C)(C)C. The molecule has 0 saturated carbocycles. The van der Waals surface area contributed by atoms with E-state index in [1.807, 2.05) is 34.1 Å². The molecule has 1 unspecified atom stereocenters. The van der Waals surface area contributed by atoms with E-state index in [4.69, 9.17) is 18.5 Å². The van der Waals surface area contributed by atoms with Crippen molar-refractivity contribution in [2.24, 2.45) is 0 Å². The van der Waals surface area contributed by atoms with Gasteiger partial charge in [0.25, 0.3) is 7.82 Å². The van der Waals surface area contributed by atoms with Gasteiger partial charge in [-0.2, -0.15) is 0 Å². The summed E-state index contributed by atoms with van der Waals surface area (Å²) in [5.41, 5.74) is 0. The number of quaternary nitrogens is 1. The Hall–Kier alpha value is -2.07. The first-order valence-corrected chi connectivity index (χ1v) is 23.8. The molecule has 0 aromatic heterocycles. The summed E-state index contributed by atoms with van der Waals surface area (Å²) in [6.07, 6.45) is 41.3. The largest absolute Gasteiger partial charge is 0.756 e. The number of aliphatic hydroxyl groups excluding tert-OH is 1. The quantitative estimate of drug-likeness (QED) is 0.0211. The number of allylic oxidation sites excluding steroid dienone is 8. The lowest BCUT2D eigenvalue weighted by Crippen LogP contribution is -2.37. The van der Waals surface area contributed by atoms with Crippen molar-refractivity contribution < 1.29 is 47.2 Å². The Kier molecular flexibility index (Phi) is 36.8. The molecule has 1 N–H and O–H groups in total. The second kappa shape index (κ2) is 38.2. The Morgan fingerprint density at radius 3 is 1.58 bits per heavy atom. The number of hydrogen-bond acceptors (Lipinski definition) is 9. The molecule has 0 aliphatic heterocycles. The first-order chi connectivity index (χ1) is 27.3. The second-order valence-corrected chi connectivity index (χ2v) is 17.8. The lowest BCUT2D eigenvalue weighted by molar-refractivity contribution is -0.870. The van der Waals surface area contributed by atoms with Crippen LogP contribution in [0.15, 0.2) is 48.6 Å². The Bertz CT molecular complexity index is 1130. The van der Waals surface area contributed by atoms with Gasteiger partial charge in [-0.3, -0.25) is 14.2 Å². The third-order valence-corrected chi connectivity index (χ3v) is 10.3. The van der Waals surface area contributed by atoms with Crippen LogP contribution in [0.2, 0.25) is 0 Å². The highest BCUT2D eigenvalue weighted by Crippen LogP contribution is 2.38. The normalized spacial score (nSPS) is 14.6. The van der Waals surface area contributed by atoms with E-state index < -0.39 is 32.5 Å². The van der Waals surface area contributed by atoms with Crippen molar-refractivity contribution in [3.8, 4) is 0 Å². The number of carbonyl (C=O) groups is 2. The van der Waals surface area contributed by atoms with Gasteiger partial charge >= 0.3 is 11.9 Å². The van der Waals surface area contributed by atoms with Gasteiger partial charge in [-0.1, -0.05) is 145 Å². The molecule has 3 atom stereocenters. The average Bonchev–Trinajstić information content (AvgIpc) is 3.14. The van der Waals surface area contributed by atoms with Crippen LogP contribution in [-0.4, -0.2) is 81.2 Å². The fourth-order valence-electron chi connectivity index (χ4n) is 5.84. The summed E-state index contributed by atoms with van der Waals surface area (Å²) in [4.78, 5) is 37.5. The van der Waals surface area contributed by atoms with Gasteiger partial charge in [0.05, 0.1) is 33.9 Å². The number of aliphatic hydroxyl groups is 1. The number of carbonyl (C=O) groups excluding carboxylic acids is 2.